The second-order valence-corrected chi connectivity index (χ2v) is 10.6. The van der Waals surface area contributed by atoms with Crippen molar-refractivity contribution >= 4 is 24.9 Å². The molecule has 4 aromatic rings. The van der Waals surface area contributed by atoms with Gasteiger partial charge in [0.2, 0.25) is 0 Å². The van der Waals surface area contributed by atoms with E-state index in [2.05, 4.69) is 5.32 Å². The molecular weight excluding hydrogens is 481 g/mol. The first-order chi connectivity index (χ1) is 16.9. The van der Waals surface area contributed by atoms with Gasteiger partial charge in [0.25, 0.3) is 0 Å². The average Bonchev–Trinajstić information content (AvgIpc) is 3.30. The Morgan fingerprint density at radius 1 is 0.943 bits per heavy atom. The lowest BCUT2D eigenvalue weighted by atomic mass is 10.1. The van der Waals surface area contributed by atoms with E-state index in [1.807, 2.05) is 79.9 Å². The van der Waals surface area contributed by atoms with Crippen molar-refractivity contribution in [3.05, 3.63) is 101 Å². The number of nitrogens with one attached hydrogen (secondary N) is 1. The molecule has 8 heteroatoms. The minimum atomic E-state index is -3.66. The molecule has 0 aliphatic heterocycles. The number of anilines is 1. The van der Waals surface area contributed by atoms with Crippen LogP contribution in [0.3, 0.4) is 0 Å². The van der Waals surface area contributed by atoms with Crippen LogP contribution in [0.4, 0.5) is 5.69 Å². The molecule has 1 N–H and O–H groups in total. The Morgan fingerprint density at radius 3 is 2.17 bits per heavy atom. The maximum absolute atomic E-state index is 14.2. The summed E-state index contributed by atoms with van der Waals surface area (Å²) < 4.78 is 27.6. The number of nitrogens with zero attached hydrogens (tertiary/aromatic N) is 2. The Morgan fingerprint density at radius 2 is 1.57 bits per heavy atom. The molecule has 35 heavy (non-hydrogen) atoms. The normalized spacial score (nSPS) is 12.5. The molecule has 1 unspecified atom stereocenters. The standard InChI is InChI=1S/C27H29ClN3O3P/c1-4-33-35(32,34-5-2)27(29-23-17-15-22(28)16-18-23)25-19-31(24-9-7-6-8-10-24)30-26(25)21-13-11-20(3)12-14-21/h6-19,27,29H,4-5H2,1-3H3. The summed E-state index contributed by atoms with van der Waals surface area (Å²) in [5.74, 6) is -0.808. The summed E-state index contributed by atoms with van der Waals surface area (Å²) in [6.07, 6.45) is 1.89. The molecule has 182 valence electrons. The molecule has 1 aromatic heterocycles. The Hall–Kier alpha value is -2.89. The minimum Gasteiger partial charge on any atom is -0.368 e. The molecule has 0 saturated carbocycles. The van der Waals surface area contributed by atoms with E-state index in [9.17, 15) is 4.57 Å². The second kappa shape index (κ2) is 11.2. The van der Waals surface area contributed by atoms with Gasteiger partial charge < -0.3 is 14.4 Å². The van der Waals surface area contributed by atoms with Crippen LogP contribution in [-0.4, -0.2) is 23.0 Å². The molecule has 0 aliphatic rings. The molecular formula is C27H29ClN3O3P. The molecule has 4 rings (SSSR count). The summed E-state index contributed by atoms with van der Waals surface area (Å²) >= 11 is 6.10. The largest absolute Gasteiger partial charge is 0.368 e. The molecule has 0 aliphatic carbocycles. The van der Waals surface area contributed by atoms with Crippen molar-refractivity contribution < 1.29 is 13.6 Å². The predicted molar refractivity (Wildman–Crippen MR) is 142 cm³/mol. The van der Waals surface area contributed by atoms with Crippen LogP contribution in [0.25, 0.3) is 16.9 Å². The van der Waals surface area contributed by atoms with E-state index < -0.39 is 13.4 Å². The van der Waals surface area contributed by atoms with Crippen LogP contribution < -0.4 is 5.32 Å². The zero-order valence-electron chi connectivity index (χ0n) is 20.0. The highest BCUT2D eigenvalue weighted by molar-refractivity contribution is 7.54. The zero-order valence-corrected chi connectivity index (χ0v) is 21.7. The first kappa shape index (κ1) is 25.2. The van der Waals surface area contributed by atoms with E-state index in [4.69, 9.17) is 25.7 Å². The topological polar surface area (TPSA) is 65.4 Å². The molecule has 6 nitrogen and oxygen atoms in total. The summed E-state index contributed by atoms with van der Waals surface area (Å²) in [7, 11) is -3.66. The number of hydrogen-bond donors (Lipinski definition) is 1. The van der Waals surface area contributed by atoms with Crippen molar-refractivity contribution in [1.82, 2.24) is 9.78 Å². The lowest BCUT2D eigenvalue weighted by Gasteiger charge is -2.28. The van der Waals surface area contributed by atoms with Crippen molar-refractivity contribution in [3.8, 4) is 16.9 Å². The average molecular weight is 510 g/mol. The van der Waals surface area contributed by atoms with Gasteiger partial charge >= 0.3 is 7.60 Å². The third-order valence-corrected chi connectivity index (χ3v) is 7.99. The number of aromatic nitrogens is 2. The number of benzene rings is 3. The van der Waals surface area contributed by atoms with Crippen LogP contribution in [0.5, 0.6) is 0 Å². The Labute approximate surface area is 211 Å². The maximum Gasteiger partial charge on any atom is 0.357 e. The first-order valence-electron chi connectivity index (χ1n) is 11.6. The van der Waals surface area contributed by atoms with E-state index in [1.54, 1.807) is 30.7 Å². The Kier molecular flexibility index (Phi) is 8.09. The molecule has 0 fully saturated rings. The summed E-state index contributed by atoms with van der Waals surface area (Å²) in [5.41, 5.74) is 5.07. The van der Waals surface area contributed by atoms with Crippen molar-refractivity contribution in [2.24, 2.45) is 0 Å². The molecule has 1 atom stereocenters. The van der Waals surface area contributed by atoms with Gasteiger partial charge in [0, 0.05) is 28.0 Å². The summed E-state index contributed by atoms with van der Waals surface area (Å²) in [4.78, 5) is 0. The summed E-state index contributed by atoms with van der Waals surface area (Å²) in [5, 5.41) is 8.92. The lowest BCUT2D eigenvalue weighted by Crippen LogP contribution is -2.15. The monoisotopic (exact) mass is 509 g/mol. The van der Waals surface area contributed by atoms with Gasteiger partial charge in [-0.3, -0.25) is 4.57 Å². The van der Waals surface area contributed by atoms with Crippen LogP contribution in [0, 0.1) is 6.92 Å². The fraction of sp³-hybridized carbons (Fsp3) is 0.222. The fourth-order valence-corrected chi connectivity index (χ4v) is 5.87. The van der Waals surface area contributed by atoms with Crippen LogP contribution >= 0.6 is 19.2 Å². The van der Waals surface area contributed by atoms with E-state index >= 15 is 0 Å². The number of rotatable bonds is 10. The van der Waals surface area contributed by atoms with Crippen molar-refractivity contribution in [2.75, 3.05) is 18.5 Å². The molecule has 0 spiro atoms. The van der Waals surface area contributed by atoms with Crippen LogP contribution in [0.15, 0.2) is 85.1 Å². The van der Waals surface area contributed by atoms with Gasteiger partial charge in [-0.1, -0.05) is 59.6 Å². The molecule has 3 aromatic carbocycles. The molecule has 0 bridgehead atoms. The quantitative estimate of drug-likeness (QED) is 0.220. The van der Waals surface area contributed by atoms with Crippen LogP contribution in [-0.2, 0) is 13.6 Å². The molecule has 0 amide bonds. The minimum absolute atomic E-state index is 0.239. The second-order valence-electron chi connectivity index (χ2n) is 8.01. The first-order valence-corrected chi connectivity index (χ1v) is 13.6. The summed E-state index contributed by atoms with van der Waals surface area (Å²) in [6.45, 7) is 6.13. The SMILES string of the molecule is CCOP(=O)(OCC)C(Nc1ccc(Cl)cc1)c1cn(-c2ccccc2)nc1-c1ccc(C)cc1. The van der Waals surface area contributed by atoms with Gasteiger partial charge in [0.05, 0.1) is 24.6 Å². The van der Waals surface area contributed by atoms with Crippen molar-refractivity contribution in [1.29, 1.82) is 0 Å². The van der Waals surface area contributed by atoms with Gasteiger partial charge in [-0.15, -0.1) is 0 Å². The van der Waals surface area contributed by atoms with E-state index in [-0.39, 0.29) is 13.2 Å². The highest BCUT2D eigenvalue weighted by atomic mass is 35.5. The van der Waals surface area contributed by atoms with E-state index in [0.717, 1.165) is 22.5 Å². The smallest absolute Gasteiger partial charge is 0.357 e. The highest BCUT2D eigenvalue weighted by Gasteiger charge is 2.40. The van der Waals surface area contributed by atoms with Crippen molar-refractivity contribution in [3.63, 3.8) is 0 Å². The molecule has 1 heterocycles. The van der Waals surface area contributed by atoms with Gasteiger partial charge in [0.15, 0.2) is 5.78 Å². The van der Waals surface area contributed by atoms with Gasteiger partial charge in [-0.2, -0.15) is 5.10 Å². The third kappa shape index (κ3) is 5.85. The number of aryl methyl sites for hydroxylation is 1. The predicted octanol–water partition coefficient (Wildman–Crippen LogP) is 7.88. The van der Waals surface area contributed by atoms with Crippen LogP contribution in [0.1, 0.15) is 30.8 Å². The summed E-state index contributed by atoms with van der Waals surface area (Å²) in [6, 6.07) is 25.2. The van der Waals surface area contributed by atoms with Crippen LogP contribution in [0.2, 0.25) is 5.02 Å². The Bertz CT molecular complexity index is 1280. The fourth-order valence-electron chi connectivity index (χ4n) is 3.81. The molecule has 0 saturated heterocycles. The zero-order chi connectivity index (χ0) is 24.8. The van der Waals surface area contributed by atoms with Gasteiger partial charge in [-0.25, -0.2) is 4.68 Å². The Balaban J connectivity index is 1.91. The lowest BCUT2D eigenvalue weighted by molar-refractivity contribution is 0.214. The number of para-hydroxylation sites is 1. The maximum atomic E-state index is 14.2. The number of hydrogen-bond acceptors (Lipinski definition) is 5. The number of halogens is 1. The van der Waals surface area contributed by atoms with Gasteiger partial charge in [0.1, 0.15) is 0 Å². The van der Waals surface area contributed by atoms with Gasteiger partial charge in [-0.05, 0) is 57.2 Å². The molecule has 0 radical (unpaired) electrons. The van der Waals surface area contributed by atoms with E-state index in [1.165, 1.54) is 0 Å². The third-order valence-electron chi connectivity index (χ3n) is 5.46. The highest BCUT2D eigenvalue weighted by Crippen LogP contribution is 2.62. The van der Waals surface area contributed by atoms with Crippen molar-refractivity contribution in [2.45, 2.75) is 26.6 Å². The van der Waals surface area contributed by atoms with E-state index in [0.29, 0.717) is 16.3 Å².